The number of rotatable bonds is 3. The summed E-state index contributed by atoms with van der Waals surface area (Å²) in [6, 6.07) is 2.83. The SMILES string of the molecule is Cc1coc(NS(=O)(=O)c2cc(N)cc(F)c2)n1. The summed E-state index contributed by atoms with van der Waals surface area (Å²) in [5.74, 6) is -0.737. The monoisotopic (exact) mass is 271 g/mol. The summed E-state index contributed by atoms with van der Waals surface area (Å²) in [6.45, 7) is 1.64. The predicted molar refractivity (Wildman–Crippen MR) is 62.9 cm³/mol. The van der Waals surface area contributed by atoms with E-state index in [-0.39, 0.29) is 16.6 Å². The average molecular weight is 271 g/mol. The largest absolute Gasteiger partial charge is 0.431 e. The molecule has 2 aromatic rings. The Morgan fingerprint density at radius 3 is 2.67 bits per heavy atom. The summed E-state index contributed by atoms with van der Waals surface area (Å²) in [7, 11) is -3.97. The third kappa shape index (κ3) is 2.59. The van der Waals surface area contributed by atoms with Gasteiger partial charge in [-0.25, -0.2) is 17.5 Å². The number of hydrogen-bond donors (Lipinski definition) is 2. The molecule has 0 saturated heterocycles. The van der Waals surface area contributed by atoms with E-state index in [1.165, 1.54) is 6.26 Å². The van der Waals surface area contributed by atoms with Gasteiger partial charge in [0, 0.05) is 5.69 Å². The second-order valence-corrected chi connectivity index (χ2v) is 5.30. The molecule has 0 aliphatic heterocycles. The van der Waals surface area contributed by atoms with Crippen LogP contribution in [0.2, 0.25) is 0 Å². The summed E-state index contributed by atoms with van der Waals surface area (Å²) >= 11 is 0. The molecule has 6 nitrogen and oxygen atoms in total. The lowest BCUT2D eigenvalue weighted by Crippen LogP contribution is -2.13. The molecule has 0 saturated carbocycles. The molecule has 0 spiro atoms. The van der Waals surface area contributed by atoms with Gasteiger partial charge in [0.05, 0.1) is 10.6 Å². The van der Waals surface area contributed by atoms with Gasteiger partial charge in [-0.3, -0.25) is 0 Å². The molecule has 0 radical (unpaired) electrons. The van der Waals surface area contributed by atoms with Crippen molar-refractivity contribution in [1.29, 1.82) is 0 Å². The van der Waals surface area contributed by atoms with E-state index in [2.05, 4.69) is 9.71 Å². The van der Waals surface area contributed by atoms with Gasteiger partial charge < -0.3 is 10.2 Å². The number of benzene rings is 1. The first-order valence-corrected chi connectivity index (χ1v) is 6.36. The number of nitrogen functional groups attached to an aromatic ring is 1. The van der Waals surface area contributed by atoms with Crippen LogP contribution in [0.3, 0.4) is 0 Å². The van der Waals surface area contributed by atoms with Crippen molar-refractivity contribution < 1.29 is 17.2 Å². The van der Waals surface area contributed by atoms with Crippen molar-refractivity contribution in [3.8, 4) is 0 Å². The number of nitrogens with one attached hydrogen (secondary N) is 1. The van der Waals surface area contributed by atoms with Crippen LogP contribution in [0, 0.1) is 12.7 Å². The first-order valence-electron chi connectivity index (χ1n) is 4.88. The molecule has 1 heterocycles. The number of anilines is 2. The molecule has 0 unspecified atom stereocenters. The van der Waals surface area contributed by atoms with E-state index in [9.17, 15) is 12.8 Å². The predicted octanol–water partition coefficient (Wildman–Crippen LogP) is 1.51. The summed E-state index contributed by atoms with van der Waals surface area (Å²) in [4.78, 5) is 3.49. The second kappa shape index (κ2) is 4.30. The molecule has 1 aromatic heterocycles. The highest BCUT2D eigenvalue weighted by atomic mass is 32.2. The maximum absolute atomic E-state index is 13.1. The van der Waals surface area contributed by atoms with E-state index in [0.717, 1.165) is 18.2 Å². The summed E-state index contributed by atoms with van der Waals surface area (Å²) in [5, 5.41) is 0. The third-order valence-corrected chi connectivity index (χ3v) is 3.34. The molecule has 8 heteroatoms. The minimum atomic E-state index is -3.97. The zero-order chi connectivity index (χ0) is 13.3. The number of oxazole rings is 1. The third-order valence-electron chi connectivity index (χ3n) is 2.04. The molecule has 0 atom stereocenters. The normalized spacial score (nSPS) is 11.4. The number of nitrogens with two attached hydrogens (primary N) is 1. The van der Waals surface area contributed by atoms with Gasteiger partial charge in [-0.05, 0) is 25.1 Å². The lowest BCUT2D eigenvalue weighted by molar-refractivity contribution is 0.568. The molecule has 0 amide bonds. The highest BCUT2D eigenvalue weighted by Gasteiger charge is 2.18. The highest BCUT2D eigenvalue weighted by Crippen LogP contribution is 2.19. The van der Waals surface area contributed by atoms with Crippen LogP contribution < -0.4 is 10.5 Å². The maximum atomic E-state index is 13.1. The molecule has 1 aromatic carbocycles. The summed E-state index contributed by atoms with van der Waals surface area (Å²) in [5.41, 5.74) is 5.92. The molecule has 2 rings (SSSR count). The van der Waals surface area contributed by atoms with E-state index in [0.29, 0.717) is 5.69 Å². The number of aromatic nitrogens is 1. The van der Waals surface area contributed by atoms with Gasteiger partial charge in [0.25, 0.3) is 10.0 Å². The van der Waals surface area contributed by atoms with Gasteiger partial charge in [0.15, 0.2) is 0 Å². The van der Waals surface area contributed by atoms with Gasteiger partial charge in [0.1, 0.15) is 12.1 Å². The average Bonchev–Trinajstić information content (AvgIpc) is 2.61. The van der Waals surface area contributed by atoms with Gasteiger partial charge in [-0.1, -0.05) is 0 Å². The Morgan fingerprint density at radius 1 is 1.39 bits per heavy atom. The molecule has 0 bridgehead atoms. The van der Waals surface area contributed by atoms with Crippen LogP contribution in [0.15, 0.2) is 33.8 Å². The molecule has 0 aliphatic carbocycles. The first-order chi connectivity index (χ1) is 8.37. The first kappa shape index (κ1) is 12.4. The molecular formula is C10H10FN3O3S. The zero-order valence-electron chi connectivity index (χ0n) is 9.34. The number of sulfonamides is 1. The van der Waals surface area contributed by atoms with Crippen LogP contribution in [-0.2, 0) is 10.0 Å². The number of halogens is 1. The van der Waals surface area contributed by atoms with Crippen molar-refractivity contribution in [3.05, 3.63) is 36.0 Å². The zero-order valence-corrected chi connectivity index (χ0v) is 10.2. The minimum Gasteiger partial charge on any atom is -0.431 e. The van der Waals surface area contributed by atoms with E-state index in [1.807, 2.05) is 0 Å². The van der Waals surface area contributed by atoms with Crippen molar-refractivity contribution in [2.45, 2.75) is 11.8 Å². The minimum absolute atomic E-state index is 0.0129. The Bertz CT molecular complexity index is 661. The van der Waals surface area contributed by atoms with Crippen molar-refractivity contribution in [1.82, 2.24) is 4.98 Å². The van der Waals surface area contributed by atoms with Crippen LogP contribution >= 0.6 is 0 Å². The quantitative estimate of drug-likeness (QED) is 0.824. The van der Waals surface area contributed by atoms with Crippen LogP contribution in [0.5, 0.6) is 0 Å². The van der Waals surface area contributed by atoms with Gasteiger partial charge in [-0.15, -0.1) is 0 Å². The van der Waals surface area contributed by atoms with Crippen molar-refractivity contribution in [2.24, 2.45) is 0 Å². The Morgan fingerprint density at radius 2 is 2.11 bits per heavy atom. The Balaban J connectivity index is 2.36. The van der Waals surface area contributed by atoms with Gasteiger partial charge in [0.2, 0.25) is 0 Å². The standard InChI is InChI=1S/C10H10FN3O3S/c1-6-5-17-10(13-6)14-18(15,16)9-3-7(11)2-8(12)4-9/h2-5H,12H2,1H3,(H,13,14). The second-order valence-electron chi connectivity index (χ2n) is 3.62. The van der Waals surface area contributed by atoms with E-state index in [4.69, 9.17) is 10.2 Å². The van der Waals surface area contributed by atoms with Crippen molar-refractivity contribution >= 4 is 21.7 Å². The van der Waals surface area contributed by atoms with Crippen LogP contribution in [-0.4, -0.2) is 13.4 Å². The maximum Gasteiger partial charge on any atom is 0.309 e. The molecule has 0 fully saturated rings. The Hall–Kier alpha value is -2.09. The highest BCUT2D eigenvalue weighted by molar-refractivity contribution is 7.92. The Kier molecular flexibility index (Phi) is 2.95. The molecule has 96 valence electrons. The molecule has 18 heavy (non-hydrogen) atoms. The van der Waals surface area contributed by atoms with Crippen molar-refractivity contribution in [2.75, 3.05) is 10.5 Å². The fraction of sp³-hybridized carbons (Fsp3) is 0.100. The number of hydrogen-bond acceptors (Lipinski definition) is 5. The topological polar surface area (TPSA) is 98.2 Å². The lowest BCUT2D eigenvalue weighted by atomic mass is 10.3. The van der Waals surface area contributed by atoms with Crippen LogP contribution in [0.4, 0.5) is 16.1 Å². The van der Waals surface area contributed by atoms with Crippen LogP contribution in [0.1, 0.15) is 5.69 Å². The number of nitrogens with zero attached hydrogens (tertiary/aromatic N) is 1. The molecule has 0 aliphatic rings. The van der Waals surface area contributed by atoms with E-state index in [1.54, 1.807) is 6.92 Å². The summed E-state index contributed by atoms with van der Waals surface area (Å²) < 4.78 is 43.8. The fourth-order valence-corrected chi connectivity index (χ4v) is 2.31. The number of aryl methyl sites for hydroxylation is 1. The Labute approximate surface area is 103 Å². The van der Waals surface area contributed by atoms with Crippen molar-refractivity contribution in [3.63, 3.8) is 0 Å². The summed E-state index contributed by atoms with van der Waals surface area (Å²) in [6.07, 6.45) is 1.29. The molecule has 3 N–H and O–H groups in total. The lowest BCUT2D eigenvalue weighted by Gasteiger charge is -2.05. The van der Waals surface area contributed by atoms with E-state index < -0.39 is 15.8 Å². The van der Waals surface area contributed by atoms with Gasteiger partial charge >= 0.3 is 6.01 Å². The smallest absolute Gasteiger partial charge is 0.309 e. The van der Waals surface area contributed by atoms with Crippen LogP contribution in [0.25, 0.3) is 0 Å². The van der Waals surface area contributed by atoms with E-state index >= 15 is 0 Å². The fourth-order valence-electron chi connectivity index (χ4n) is 1.31. The molecular weight excluding hydrogens is 261 g/mol. The van der Waals surface area contributed by atoms with Gasteiger partial charge in [-0.2, -0.15) is 4.98 Å².